The molecule has 0 saturated heterocycles. The fourth-order valence-corrected chi connectivity index (χ4v) is 2.23. The van der Waals surface area contributed by atoms with E-state index < -0.39 is 17.4 Å². The fraction of sp³-hybridized carbons (Fsp3) is 0.417. The van der Waals surface area contributed by atoms with Crippen LogP contribution in [0.5, 0.6) is 0 Å². The van der Waals surface area contributed by atoms with Gasteiger partial charge in [-0.15, -0.1) is 11.3 Å². The van der Waals surface area contributed by atoms with Gasteiger partial charge in [-0.3, -0.25) is 9.59 Å². The zero-order valence-corrected chi connectivity index (χ0v) is 11.7. The predicted octanol–water partition coefficient (Wildman–Crippen LogP) is 1.17. The monoisotopic (exact) mass is 285 g/mol. The molecule has 0 fully saturated rings. The molecule has 1 aromatic heterocycles. The molecule has 0 saturated carbocycles. The van der Waals surface area contributed by atoms with Crippen molar-refractivity contribution >= 4 is 29.0 Å². The van der Waals surface area contributed by atoms with E-state index in [1.807, 2.05) is 0 Å². The van der Waals surface area contributed by atoms with Crippen molar-refractivity contribution in [3.05, 3.63) is 21.9 Å². The number of carboxylic acids is 1. The molecule has 19 heavy (non-hydrogen) atoms. The molecule has 1 aromatic rings. The Kier molecular flexibility index (Phi) is 4.79. The molecule has 0 bridgehead atoms. The van der Waals surface area contributed by atoms with Crippen LogP contribution < -0.4 is 5.32 Å². The number of hydrogen-bond donors (Lipinski definition) is 2. The van der Waals surface area contributed by atoms with Crippen molar-refractivity contribution < 1.29 is 24.2 Å². The Morgan fingerprint density at radius 2 is 2.11 bits per heavy atom. The van der Waals surface area contributed by atoms with Crippen molar-refractivity contribution in [3.8, 4) is 0 Å². The lowest BCUT2D eigenvalue weighted by Gasteiger charge is -2.24. The number of aliphatic carboxylic acids is 1. The molecular weight excluding hydrogens is 270 g/mol. The van der Waals surface area contributed by atoms with Gasteiger partial charge in [0.15, 0.2) is 11.3 Å². The van der Waals surface area contributed by atoms with E-state index in [1.165, 1.54) is 27.0 Å². The summed E-state index contributed by atoms with van der Waals surface area (Å²) in [5.41, 5.74) is -1.08. The smallest absolute Gasteiger partial charge is 0.331 e. The molecule has 0 aliphatic rings. The van der Waals surface area contributed by atoms with Crippen LogP contribution >= 0.6 is 11.3 Å². The van der Waals surface area contributed by atoms with Gasteiger partial charge in [-0.05, 0) is 19.9 Å². The van der Waals surface area contributed by atoms with Gasteiger partial charge in [0.1, 0.15) is 0 Å². The fourth-order valence-electron chi connectivity index (χ4n) is 1.39. The summed E-state index contributed by atoms with van der Waals surface area (Å²) < 4.78 is 4.80. The molecule has 104 valence electrons. The molecule has 0 radical (unpaired) electrons. The van der Waals surface area contributed by atoms with Crippen LogP contribution in [0.1, 0.15) is 33.9 Å². The molecule has 0 aliphatic carbocycles. The minimum Gasteiger partial charge on any atom is -0.479 e. The number of methoxy groups -OCH3 is 1. The van der Waals surface area contributed by atoms with Gasteiger partial charge >= 0.3 is 5.97 Å². The van der Waals surface area contributed by atoms with Gasteiger partial charge in [0.05, 0.1) is 11.5 Å². The summed E-state index contributed by atoms with van der Waals surface area (Å²) in [6, 6.07) is 1.44. The Morgan fingerprint density at radius 3 is 2.53 bits per heavy atom. The highest BCUT2D eigenvalue weighted by atomic mass is 32.1. The Morgan fingerprint density at radius 1 is 1.47 bits per heavy atom. The molecule has 6 nitrogen and oxygen atoms in total. The van der Waals surface area contributed by atoms with Gasteiger partial charge in [0, 0.05) is 18.1 Å². The molecule has 0 aromatic carbocycles. The number of ether oxygens (including phenoxy) is 1. The zero-order chi connectivity index (χ0) is 14.6. The van der Waals surface area contributed by atoms with Crippen LogP contribution in [0.15, 0.2) is 11.4 Å². The minimum absolute atomic E-state index is 0.145. The SMILES string of the molecule is COCC(C)(NC(=O)c1cc(C(C)=O)cs1)C(=O)O. The Hall–Kier alpha value is -1.73. The third kappa shape index (κ3) is 3.62. The van der Waals surface area contributed by atoms with Crippen LogP contribution in [0.25, 0.3) is 0 Å². The van der Waals surface area contributed by atoms with Crippen molar-refractivity contribution in [2.45, 2.75) is 19.4 Å². The van der Waals surface area contributed by atoms with E-state index in [1.54, 1.807) is 5.38 Å². The number of nitrogens with one attached hydrogen (secondary N) is 1. The first kappa shape index (κ1) is 15.3. The number of ketones is 1. The lowest BCUT2D eigenvalue weighted by Crippen LogP contribution is -2.55. The lowest BCUT2D eigenvalue weighted by molar-refractivity contribution is -0.145. The van der Waals surface area contributed by atoms with E-state index >= 15 is 0 Å². The molecule has 2 N–H and O–H groups in total. The summed E-state index contributed by atoms with van der Waals surface area (Å²) in [7, 11) is 1.35. The van der Waals surface area contributed by atoms with Gasteiger partial charge in [-0.1, -0.05) is 0 Å². The number of amides is 1. The Balaban J connectivity index is 2.87. The average Bonchev–Trinajstić information content (AvgIpc) is 2.78. The molecule has 7 heteroatoms. The number of carbonyl (C=O) groups excluding carboxylic acids is 2. The van der Waals surface area contributed by atoms with Crippen LogP contribution in [0.3, 0.4) is 0 Å². The van der Waals surface area contributed by atoms with Crippen LogP contribution in [0.2, 0.25) is 0 Å². The van der Waals surface area contributed by atoms with E-state index in [0.29, 0.717) is 5.56 Å². The topological polar surface area (TPSA) is 92.7 Å². The van der Waals surface area contributed by atoms with Gasteiger partial charge in [0.2, 0.25) is 0 Å². The van der Waals surface area contributed by atoms with Crippen molar-refractivity contribution in [2.24, 2.45) is 0 Å². The van der Waals surface area contributed by atoms with Crippen molar-refractivity contribution in [1.82, 2.24) is 5.32 Å². The molecule has 1 rings (SSSR count). The quantitative estimate of drug-likeness (QED) is 0.765. The summed E-state index contributed by atoms with van der Waals surface area (Å²) in [6.07, 6.45) is 0. The van der Waals surface area contributed by atoms with E-state index in [2.05, 4.69) is 5.32 Å². The zero-order valence-electron chi connectivity index (χ0n) is 10.9. The van der Waals surface area contributed by atoms with Gasteiger partial charge in [-0.2, -0.15) is 0 Å². The number of thiophene rings is 1. The maximum absolute atomic E-state index is 11.9. The summed E-state index contributed by atoms with van der Waals surface area (Å²) in [5.74, 6) is -1.88. The molecule has 1 amide bonds. The van der Waals surface area contributed by atoms with E-state index in [-0.39, 0.29) is 17.3 Å². The Labute approximate surface area is 114 Å². The number of Topliss-reactive ketones (excluding diaryl/α,β-unsaturated/α-hetero) is 1. The maximum Gasteiger partial charge on any atom is 0.331 e. The number of rotatable bonds is 6. The van der Waals surface area contributed by atoms with E-state index in [0.717, 1.165) is 11.3 Å². The standard InChI is InChI=1S/C12H15NO5S/c1-7(14)8-4-9(19-5-8)10(15)13-12(2,6-18-3)11(16)17/h4-5H,6H2,1-3H3,(H,13,15)(H,16,17). The van der Waals surface area contributed by atoms with Crippen molar-refractivity contribution in [2.75, 3.05) is 13.7 Å². The number of hydrogen-bond acceptors (Lipinski definition) is 5. The summed E-state index contributed by atoms with van der Waals surface area (Å²) in [4.78, 5) is 34.5. The van der Waals surface area contributed by atoms with Crippen molar-refractivity contribution in [1.29, 1.82) is 0 Å². The molecule has 0 spiro atoms. The highest BCUT2D eigenvalue weighted by Gasteiger charge is 2.35. The normalized spacial score (nSPS) is 13.6. The summed E-state index contributed by atoms with van der Waals surface area (Å²) in [6.45, 7) is 2.60. The lowest BCUT2D eigenvalue weighted by atomic mass is 10.0. The van der Waals surface area contributed by atoms with Gasteiger partial charge in [-0.25, -0.2) is 4.79 Å². The first-order valence-electron chi connectivity index (χ1n) is 5.44. The first-order chi connectivity index (χ1) is 8.80. The highest BCUT2D eigenvalue weighted by Crippen LogP contribution is 2.16. The molecule has 0 aliphatic heterocycles. The third-order valence-electron chi connectivity index (χ3n) is 2.52. The second-order valence-electron chi connectivity index (χ2n) is 4.28. The van der Waals surface area contributed by atoms with E-state index in [4.69, 9.17) is 9.84 Å². The number of carboxylic acid groups (broad SMARTS) is 1. The Bertz CT molecular complexity index is 510. The third-order valence-corrected chi connectivity index (χ3v) is 3.45. The van der Waals surface area contributed by atoms with Crippen LogP contribution in [-0.4, -0.2) is 42.0 Å². The molecule has 1 unspecified atom stereocenters. The van der Waals surface area contributed by atoms with Crippen molar-refractivity contribution in [3.63, 3.8) is 0 Å². The predicted molar refractivity (Wildman–Crippen MR) is 69.7 cm³/mol. The average molecular weight is 285 g/mol. The first-order valence-corrected chi connectivity index (χ1v) is 6.32. The van der Waals surface area contributed by atoms with Gasteiger partial charge < -0.3 is 15.2 Å². The summed E-state index contributed by atoms with van der Waals surface area (Å²) >= 11 is 1.09. The van der Waals surface area contributed by atoms with E-state index in [9.17, 15) is 14.4 Å². The second kappa shape index (κ2) is 5.94. The van der Waals surface area contributed by atoms with Crippen LogP contribution in [-0.2, 0) is 9.53 Å². The van der Waals surface area contributed by atoms with Crippen LogP contribution in [0.4, 0.5) is 0 Å². The molecule has 1 heterocycles. The molecular formula is C12H15NO5S. The molecule has 1 atom stereocenters. The highest BCUT2D eigenvalue weighted by molar-refractivity contribution is 7.12. The van der Waals surface area contributed by atoms with Gasteiger partial charge in [0.25, 0.3) is 5.91 Å². The van der Waals surface area contributed by atoms with Crippen LogP contribution in [0, 0.1) is 0 Å². The second-order valence-corrected chi connectivity index (χ2v) is 5.19. The minimum atomic E-state index is -1.51. The largest absolute Gasteiger partial charge is 0.479 e. The number of carbonyl (C=O) groups is 3. The summed E-state index contributed by atoms with van der Waals surface area (Å²) in [5, 5.41) is 13.1. The maximum atomic E-state index is 11.9.